The molecule has 14 N–H and O–H groups in total. The zero-order valence-electron chi connectivity index (χ0n) is 76.5. The Kier molecular flexibility index (Phi) is 27.7. The summed E-state index contributed by atoms with van der Waals surface area (Å²) >= 11 is 5.83. The van der Waals surface area contributed by atoms with Crippen molar-refractivity contribution in [3.05, 3.63) is 321 Å². The van der Waals surface area contributed by atoms with Gasteiger partial charge in [0.2, 0.25) is 5.78 Å². The number of fused-ring (bicyclic) bond motifs is 6. The van der Waals surface area contributed by atoms with Gasteiger partial charge in [-0.1, -0.05) is 92.9 Å². The maximum Gasteiger partial charge on any atom is 0.319 e. The van der Waals surface area contributed by atoms with Crippen LogP contribution in [-0.2, 0) is 40.3 Å². The van der Waals surface area contributed by atoms with Crippen molar-refractivity contribution in [3.8, 4) is 39.8 Å². The number of imidazole rings is 1. The Morgan fingerprint density at radius 2 is 0.824 bits per heavy atom. The molecule has 43 heteroatoms. The molecule has 21 aromatic rings. The van der Waals surface area contributed by atoms with E-state index in [1.165, 1.54) is 68.5 Å². The summed E-state index contributed by atoms with van der Waals surface area (Å²) < 4.78 is 39.3. The van der Waals surface area contributed by atoms with Gasteiger partial charge in [0.1, 0.15) is 78.7 Å². The minimum Gasteiger partial charge on any atom is -0.383 e. The fraction of sp³-hybridized carbons (Fsp3) is 0.141. The normalized spacial score (nSPS) is 12.3. The predicted octanol–water partition coefficient (Wildman–Crippen LogP) is 13.7. The number of sulfone groups is 1. The fourth-order valence-corrected chi connectivity index (χ4v) is 17.5. The number of aliphatic imine (C=N–C) groups is 1. The number of benzene rings is 7. The molecular weight excluding hydrogens is 1840 g/mol. The number of rotatable bonds is 20. The first kappa shape index (κ1) is 93.8. The number of nitrogens with zero attached hydrogens (tertiary/aromatic N) is 28. The molecule has 0 radical (unpaired) electrons. The number of ketones is 2. The van der Waals surface area contributed by atoms with Crippen molar-refractivity contribution in [2.75, 3.05) is 46.3 Å². The highest BCUT2D eigenvalue weighted by molar-refractivity contribution is 7.90. The van der Waals surface area contributed by atoms with E-state index in [0.29, 0.717) is 137 Å². The van der Waals surface area contributed by atoms with Crippen molar-refractivity contribution in [1.82, 2.24) is 138 Å². The minimum absolute atomic E-state index is 0.0402. The van der Waals surface area contributed by atoms with Gasteiger partial charge in [-0.05, 0) is 180 Å². The lowest BCUT2D eigenvalue weighted by Crippen LogP contribution is -2.36. The van der Waals surface area contributed by atoms with Crippen LogP contribution in [0, 0.1) is 5.92 Å². The van der Waals surface area contributed by atoms with Gasteiger partial charge in [-0.25, -0.2) is 106 Å². The zero-order valence-corrected chi connectivity index (χ0v) is 78.1. The summed E-state index contributed by atoms with van der Waals surface area (Å²) in [6, 6.07) is 56.3. The van der Waals surface area contributed by atoms with Crippen LogP contribution in [-0.4, -0.2) is 177 Å². The smallest absolute Gasteiger partial charge is 0.319 e. The first-order chi connectivity index (χ1) is 69.0. The number of halogens is 1. The van der Waals surface area contributed by atoms with E-state index < -0.39 is 9.84 Å². The Morgan fingerprint density at radius 3 is 1.25 bits per heavy atom. The molecular formula is C99H91ClN36O5S. The number of Topliss-reactive ketones (excluding diaryl/α,β-unsaturated/α-hetero) is 2. The first-order valence-electron chi connectivity index (χ1n) is 44.6. The van der Waals surface area contributed by atoms with E-state index in [1.54, 1.807) is 120 Å². The SMILES string of the molecule is CC(C)CC(=O)Cc1cccc(-n2ncc3c(N)ncnc32)c1.Cn1ccnc1C(=O)Cc1cccc(-n2ncc3c(N)ncnc32)c1.Nc1ncnc2c1cnn2-c1ccc(NC(=O)NC2CCCC2)cc1.Nc1ncnc2c1cnn2-c1cccc(-n2cccc2)c1.Nc1ncnc2c1cnn2-c1cccc(C2=CC=NC2)c1.Nc1ncnc2c1cnn2-c1cccc(CS(=O)(=O)c2ccc(Cl)cc2)c1. The van der Waals surface area contributed by atoms with Crippen molar-refractivity contribution in [3.63, 3.8) is 0 Å². The zero-order chi connectivity index (χ0) is 98.5. The Hall–Kier alpha value is -18.6. The van der Waals surface area contributed by atoms with E-state index in [-0.39, 0.29) is 34.7 Å². The van der Waals surface area contributed by atoms with Crippen molar-refractivity contribution >= 4 is 158 Å². The van der Waals surface area contributed by atoms with Crippen molar-refractivity contribution in [1.29, 1.82) is 0 Å². The summed E-state index contributed by atoms with van der Waals surface area (Å²) in [6.07, 6.45) is 35.4. The Balaban J connectivity index is 0.000000113. The molecule has 142 heavy (non-hydrogen) atoms. The fourth-order valence-electron chi connectivity index (χ4n) is 16.1. The van der Waals surface area contributed by atoms with Crippen LogP contribution in [0.2, 0.25) is 5.02 Å². The van der Waals surface area contributed by atoms with E-state index in [2.05, 4.69) is 123 Å². The Bertz CT molecular complexity index is 8370. The highest BCUT2D eigenvalue weighted by Crippen LogP contribution is 2.31. The molecule has 15 heterocycles. The van der Waals surface area contributed by atoms with Crippen molar-refractivity contribution < 1.29 is 22.8 Å². The third-order valence-corrected chi connectivity index (χ3v) is 24.9. The van der Waals surface area contributed by atoms with Crippen LogP contribution in [0.1, 0.15) is 78.8 Å². The number of carbonyl (C=O) groups excluding carboxylic acids is 3. The van der Waals surface area contributed by atoms with Gasteiger partial charge in [0.15, 0.2) is 49.5 Å². The second-order valence-corrected chi connectivity index (χ2v) is 35.7. The number of aryl methyl sites for hydroxylation is 1. The quantitative estimate of drug-likeness (QED) is 0.0329. The highest BCUT2D eigenvalue weighted by atomic mass is 35.5. The van der Waals surface area contributed by atoms with E-state index in [1.807, 2.05) is 170 Å². The number of amides is 2. The number of hydrogen-bond donors (Lipinski definition) is 8. The standard InChI is InChI=1S/C18H14ClN5O2S.C17H15N7O.C17H19N7O.C17H19N5O.2C15H12N6/c19-13-4-6-15(7-5-13)27(25,26)10-12-2-1-3-14(8-12)24-18-16(9-23-24)17(20)21-11-22-18;1-23-6-5-19-17(23)14(25)8-11-3-2-4-12(7-11)24-16-13(9-22-24)15(18)20-10-21-16;18-15-14-9-21-24(16(14)20-10-19-15)13-7-5-12(6-8-13)23-17(25)22-11-3-1-2-4-11;1-11(2)6-14(23)8-12-4-3-5-13(7-12)22-17-15(9-21-22)16(18)19-10-20-17;16-14-13-9-19-21(15(13)18-10-17-14)12-5-3-4-11(8-12)20-6-1-2-7-20;16-14-13-8-20-21(15(13)19-9-18-14)12-3-1-2-10(6-12)11-4-5-17-7-11/h1-9,11H,10H2,(H2,20,21,22);2-7,9-10H,8H2,1H3,(H2,18,20,21);5-11H,1-4H2,(H2,18,19,20)(H2,22,23,25);3-5,7,9-11H,6,8H2,1-2H3,(H2,18,19,20);1-10H,(H2,16,17,18);1-6,8-9H,7H2,(H2,16,18,19). The molecule has 1 fully saturated rings. The third kappa shape index (κ3) is 21.3. The monoisotopic (exact) mass is 1930 g/mol. The van der Waals surface area contributed by atoms with Crippen molar-refractivity contribution in [2.45, 2.75) is 75.5 Å². The van der Waals surface area contributed by atoms with Crippen LogP contribution >= 0.6 is 11.6 Å². The number of nitrogens with one attached hydrogen (secondary N) is 2. The topological polar surface area (TPSA) is 562 Å². The van der Waals surface area contributed by atoms with Gasteiger partial charge in [-0.2, -0.15) is 30.6 Å². The van der Waals surface area contributed by atoms with Crippen LogP contribution in [0.15, 0.2) is 298 Å². The average Bonchev–Trinajstić information content (AvgIpc) is 1.66. The van der Waals surface area contributed by atoms with Crippen LogP contribution in [0.25, 0.3) is 112 Å². The molecule has 23 rings (SSSR count). The van der Waals surface area contributed by atoms with Gasteiger partial charge in [0, 0.05) is 79.8 Å². The molecule has 0 saturated heterocycles. The van der Waals surface area contributed by atoms with Crippen molar-refractivity contribution in [2.24, 2.45) is 18.0 Å². The highest BCUT2D eigenvalue weighted by Gasteiger charge is 2.23. The lowest BCUT2D eigenvalue weighted by atomic mass is 10.0. The van der Waals surface area contributed by atoms with Gasteiger partial charge >= 0.3 is 6.03 Å². The first-order valence-corrected chi connectivity index (χ1v) is 46.7. The number of urea groups is 1. The number of allylic oxidation sites excluding steroid dienone is 1. The molecule has 2 aliphatic rings. The summed E-state index contributed by atoms with van der Waals surface area (Å²) in [7, 11) is -1.70. The summed E-state index contributed by atoms with van der Waals surface area (Å²) in [6.45, 7) is 4.82. The van der Waals surface area contributed by atoms with Crippen LogP contribution < -0.4 is 45.0 Å². The van der Waals surface area contributed by atoms with Gasteiger partial charge in [-0.15, -0.1) is 0 Å². The number of aromatic nitrogens is 27. The molecule has 0 unspecified atom stereocenters. The van der Waals surface area contributed by atoms with Gasteiger partial charge in [0.05, 0.1) is 121 Å². The molecule has 710 valence electrons. The molecule has 0 atom stereocenters. The summed E-state index contributed by atoms with van der Waals surface area (Å²) in [4.78, 5) is 94.3. The Morgan fingerprint density at radius 1 is 0.430 bits per heavy atom. The molecule has 14 aromatic heterocycles. The summed E-state index contributed by atoms with van der Waals surface area (Å²) in [5.74, 6) is 3.29. The van der Waals surface area contributed by atoms with E-state index in [9.17, 15) is 22.8 Å². The van der Waals surface area contributed by atoms with Gasteiger partial charge in [-0.3, -0.25) is 14.6 Å². The number of nitrogen functional groups attached to an aromatic ring is 6. The number of carbonyl (C=O) groups is 3. The molecule has 1 aliphatic heterocycles. The van der Waals surface area contributed by atoms with Crippen LogP contribution in [0.5, 0.6) is 0 Å². The van der Waals surface area contributed by atoms with E-state index in [4.69, 9.17) is 46.0 Å². The molecule has 0 spiro atoms. The molecule has 1 aliphatic carbocycles. The summed E-state index contributed by atoms with van der Waals surface area (Å²) in [5, 5.41) is 36.7. The second-order valence-electron chi connectivity index (χ2n) is 33.3. The van der Waals surface area contributed by atoms with Gasteiger partial charge < -0.3 is 54.2 Å². The molecule has 1 saturated carbocycles. The van der Waals surface area contributed by atoms with E-state index in [0.717, 1.165) is 86.7 Å². The summed E-state index contributed by atoms with van der Waals surface area (Å²) in [5.41, 5.74) is 50.6. The Labute approximate surface area is 814 Å². The molecule has 41 nitrogen and oxygen atoms in total. The molecule has 2 amide bonds. The maximum atomic E-state index is 12.7. The molecule has 0 bridgehead atoms. The maximum absolute atomic E-state index is 12.7. The molecule has 7 aromatic carbocycles. The number of nitrogens with two attached hydrogens (primary N) is 6. The second kappa shape index (κ2) is 41.9. The minimum atomic E-state index is -3.50. The average molecular weight is 1930 g/mol. The predicted molar refractivity (Wildman–Crippen MR) is 543 cm³/mol. The van der Waals surface area contributed by atoms with Crippen LogP contribution in [0.4, 0.5) is 45.4 Å². The largest absolute Gasteiger partial charge is 0.383 e. The number of anilines is 7. The lowest BCUT2D eigenvalue weighted by Gasteiger charge is -2.13. The lowest BCUT2D eigenvalue weighted by molar-refractivity contribution is -0.119. The number of hydrogen-bond acceptors (Lipinski definition) is 31. The van der Waals surface area contributed by atoms with E-state index >= 15 is 0 Å². The van der Waals surface area contributed by atoms with Crippen LogP contribution in [0.3, 0.4) is 0 Å². The third-order valence-electron chi connectivity index (χ3n) is 23.0. The van der Waals surface area contributed by atoms with Gasteiger partial charge in [0.25, 0.3) is 0 Å².